The summed E-state index contributed by atoms with van der Waals surface area (Å²) in [5.74, 6) is -3.55. The number of methoxy groups -OCH3 is 1. The fourth-order valence-electron chi connectivity index (χ4n) is 7.29. The van der Waals surface area contributed by atoms with E-state index in [1.807, 2.05) is 32.1 Å². The van der Waals surface area contributed by atoms with Gasteiger partial charge in [0.15, 0.2) is 5.78 Å². The molecule has 5 rings (SSSR count). The molecule has 1 aromatic rings. The van der Waals surface area contributed by atoms with Gasteiger partial charge in [-0.3, -0.25) is 14.4 Å². The van der Waals surface area contributed by atoms with E-state index in [2.05, 4.69) is 0 Å². The van der Waals surface area contributed by atoms with Crippen molar-refractivity contribution in [1.82, 2.24) is 0 Å². The number of benzene rings is 1. The predicted octanol–water partition coefficient (Wildman–Crippen LogP) is 3.25. The second-order valence-electron chi connectivity index (χ2n) is 9.90. The third-order valence-electron chi connectivity index (χ3n) is 8.56. The molecule has 0 radical (unpaired) electrons. The molecular formula is C26H28O6. The highest BCUT2D eigenvalue weighted by atomic mass is 16.5. The van der Waals surface area contributed by atoms with Crippen LogP contribution in [0.4, 0.5) is 0 Å². The Balaban J connectivity index is 1.66. The molecule has 4 aliphatic carbocycles. The molecule has 1 aromatic carbocycles. The number of ether oxygens (including phenoxy) is 2. The van der Waals surface area contributed by atoms with Gasteiger partial charge in [-0.05, 0) is 36.3 Å². The quantitative estimate of drug-likeness (QED) is 0.411. The standard InChI is InChI=1S/C26H28O6/c1-13-9-10-14(2)26(25(30)31-3)21(13)22(32-24(29)15-7-5-4-6-8-15)19-16-11-17(18(27)12-16)20(19)23(26)28/h4-10,13-14,16-17,19-22H,11-12H2,1-3H3/t13?,14?,16-,17+,19?,20?,21-,22?,26-/m0/s1. The van der Waals surface area contributed by atoms with E-state index in [1.54, 1.807) is 24.3 Å². The summed E-state index contributed by atoms with van der Waals surface area (Å²) < 4.78 is 11.4. The van der Waals surface area contributed by atoms with Crippen LogP contribution in [0.25, 0.3) is 0 Å². The van der Waals surface area contributed by atoms with E-state index in [-0.39, 0.29) is 29.3 Å². The molecular weight excluding hydrogens is 408 g/mol. The average molecular weight is 437 g/mol. The molecule has 0 heterocycles. The summed E-state index contributed by atoms with van der Waals surface area (Å²) in [6, 6.07) is 8.75. The maximum absolute atomic E-state index is 14.1. The minimum atomic E-state index is -1.46. The molecule has 0 amide bonds. The summed E-state index contributed by atoms with van der Waals surface area (Å²) in [6.45, 7) is 3.80. The van der Waals surface area contributed by atoms with E-state index < -0.39 is 47.1 Å². The molecule has 0 aliphatic heterocycles. The zero-order chi connectivity index (χ0) is 22.8. The third-order valence-corrected chi connectivity index (χ3v) is 8.56. The first kappa shape index (κ1) is 21.1. The van der Waals surface area contributed by atoms with Gasteiger partial charge in [-0.15, -0.1) is 0 Å². The summed E-state index contributed by atoms with van der Waals surface area (Å²) in [6.07, 6.45) is 4.29. The molecule has 6 nitrogen and oxygen atoms in total. The van der Waals surface area contributed by atoms with Gasteiger partial charge in [0.25, 0.3) is 0 Å². The molecule has 0 saturated heterocycles. The zero-order valence-electron chi connectivity index (χ0n) is 18.5. The normalized spacial score (nSPS) is 41.7. The zero-order valence-corrected chi connectivity index (χ0v) is 18.5. The Kier molecular flexibility index (Phi) is 4.88. The molecule has 6 heteroatoms. The second kappa shape index (κ2) is 7.39. The number of allylic oxidation sites excluding steroid dienone is 2. The molecule has 0 N–H and O–H groups in total. The number of carbonyl (C=O) groups excluding carboxylic acids is 4. The van der Waals surface area contributed by atoms with Gasteiger partial charge in [0.05, 0.1) is 12.7 Å². The predicted molar refractivity (Wildman–Crippen MR) is 114 cm³/mol. The van der Waals surface area contributed by atoms with Crippen molar-refractivity contribution in [1.29, 1.82) is 0 Å². The fraction of sp³-hybridized carbons (Fsp3) is 0.538. The van der Waals surface area contributed by atoms with Crippen LogP contribution in [0.1, 0.15) is 37.0 Å². The lowest BCUT2D eigenvalue weighted by molar-refractivity contribution is -0.191. The Morgan fingerprint density at radius 2 is 1.78 bits per heavy atom. The van der Waals surface area contributed by atoms with Gasteiger partial charge in [0, 0.05) is 30.1 Å². The van der Waals surface area contributed by atoms with Crippen LogP contribution >= 0.6 is 0 Å². The number of fused-ring (bicyclic) bond motifs is 6. The molecule has 168 valence electrons. The number of rotatable bonds is 3. The van der Waals surface area contributed by atoms with Gasteiger partial charge in [-0.1, -0.05) is 44.2 Å². The summed E-state index contributed by atoms with van der Waals surface area (Å²) in [7, 11) is 1.29. The van der Waals surface area contributed by atoms with Gasteiger partial charge >= 0.3 is 11.9 Å². The summed E-state index contributed by atoms with van der Waals surface area (Å²) in [5, 5.41) is 0. The number of hydrogen-bond acceptors (Lipinski definition) is 6. The van der Waals surface area contributed by atoms with Crippen molar-refractivity contribution in [2.45, 2.75) is 32.8 Å². The van der Waals surface area contributed by atoms with Crippen LogP contribution in [0.5, 0.6) is 0 Å². The van der Waals surface area contributed by atoms with Crippen LogP contribution in [0.3, 0.4) is 0 Å². The lowest BCUT2D eigenvalue weighted by Gasteiger charge is -2.56. The smallest absolute Gasteiger partial charge is 0.338 e. The molecule has 0 aromatic heterocycles. The fourth-order valence-corrected chi connectivity index (χ4v) is 7.29. The van der Waals surface area contributed by atoms with Gasteiger partial charge in [-0.2, -0.15) is 0 Å². The molecule has 3 fully saturated rings. The molecule has 32 heavy (non-hydrogen) atoms. The summed E-state index contributed by atoms with van der Waals surface area (Å²) in [5.41, 5.74) is -1.04. The van der Waals surface area contributed by atoms with Gasteiger partial charge in [0.2, 0.25) is 0 Å². The number of carbonyl (C=O) groups is 4. The van der Waals surface area contributed by atoms with Crippen molar-refractivity contribution in [3.8, 4) is 0 Å². The Hall–Kier alpha value is -2.76. The van der Waals surface area contributed by atoms with E-state index >= 15 is 0 Å². The maximum atomic E-state index is 14.1. The van der Waals surface area contributed by atoms with Crippen molar-refractivity contribution in [2.24, 2.45) is 46.8 Å². The molecule has 2 bridgehead atoms. The Labute approximate surface area is 187 Å². The second-order valence-corrected chi connectivity index (χ2v) is 9.90. The van der Waals surface area contributed by atoms with E-state index in [4.69, 9.17) is 9.47 Å². The summed E-state index contributed by atoms with van der Waals surface area (Å²) in [4.78, 5) is 53.3. The number of hydrogen-bond donors (Lipinski definition) is 0. The minimum absolute atomic E-state index is 0.000850. The van der Waals surface area contributed by atoms with Crippen LogP contribution in [-0.2, 0) is 23.9 Å². The highest BCUT2D eigenvalue weighted by Crippen LogP contribution is 2.64. The molecule has 5 unspecified atom stereocenters. The average Bonchev–Trinajstić information content (AvgIpc) is 3.36. The third kappa shape index (κ3) is 2.64. The van der Waals surface area contributed by atoms with Crippen molar-refractivity contribution in [3.63, 3.8) is 0 Å². The first-order valence-electron chi connectivity index (χ1n) is 11.4. The topological polar surface area (TPSA) is 86.7 Å². The number of ketones is 2. The van der Waals surface area contributed by atoms with Crippen LogP contribution in [0.15, 0.2) is 42.5 Å². The largest absolute Gasteiger partial charge is 0.468 e. The first-order chi connectivity index (χ1) is 15.3. The van der Waals surface area contributed by atoms with Gasteiger partial charge < -0.3 is 9.47 Å². The maximum Gasteiger partial charge on any atom is 0.338 e. The highest BCUT2D eigenvalue weighted by molar-refractivity contribution is 6.09. The number of esters is 2. The monoisotopic (exact) mass is 436 g/mol. The summed E-state index contributed by atoms with van der Waals surface area (Å²) >= 11 is 0. The molecule has 3 saturated carbocycles. The van der Waals surface area contributed by atoms with Gasteiger partial charge in [-0.25, -0.2) is 4.79 Å². The van der Waals surface area contributed by atoms with Gasteiger partial charge in [0.1, 0.15) is 17.3 Å². The molecule has 9 atom stereocenters. The lowest BCUT2D eigenvalue weighted by Crippen LogP contribution is -2.67. The number of Topliss-reactive ketones (excluding diaryl/α,β-unsaturated/α-hetero) is 2. The van der Waals surface area contributed by atoms with Crippen LogP contribution in [0, 0.1) is 46.8 Å². The van der Waals surface area contributed by atoms with E-state index in [0.29, 0.717) is 18.4 Å². The highest BCUT2D eigenvalue weighted by Gasteiger charge is 2.73. The van der Waals surface area contributed by atoms with Crippen LogP contribution in [0.2, 0.25) is 0 Å². The van der Waals surface area contributed by atoms with E-state index in [9.17, 15) is 19.2 Å². The molecule has 4 aliphatic rings. The van der Waals surface area contributed by atoms with Crippen LogP contribution in [-0.4, -0.2) is 36.7 Å². The molecule has 0 spiro atoms. The Morgan fingerprint density at radius 3 is 2.47 bits per heavy atom. The van der Waals surface area contributed by atoms with Crippen LogP contribution < -0.4 is 0 Å². The first-order valence-corrected chi connectivity index (χ1v) is 11.4. The Bertz CT molecular complexity index is 1010. The van der Waals surface area contributed by atoms with Crippen molar-refractivity contribution < 1.29 is 28.7 Å². The van der Waals surface area contributed by atoms with Crippen molar-refractivity contribution in [2.75, 3.05) is 7.11 Å². The Morgan fingerprint density at radius 1 is 1.06 bits per heavy atom. The van der Waals surface area contributed by atoms with Crippen molar-refractivity contribution >= 4 is 23.5 Å². The van der Waals surface area contributed by atoms with E-state index in [1.165, 1.54) is 7.11 Å². The van der Waals surface area contributed by atoms with Crippen molar-refractivity contribution in [3.05, 3.63) is 48.0 Å². The SMILES string of the molecule is COC(=O)[C@]12C(=O)C3C(C(OC(=O)c4ccccc4)[C@@H]1C(C)C=CC2C)[C@@H]1CC(=O)[C@H]3C1. The minimum Gasteiger partial charge on any atom is -0.468 e. The lowest BCUT2D eigenvalue weighted by atomic mass is 9.46. The van der Waals surface area contributed by atoms with E-state index in [0.717, 1.165) is 0 Å².